The molecule has 1 atom stereocenters. The maximum atomic E-state index is 12.2. The SMILES string of the molecule is O=C(CC1Sc2ccccc2NC1=O)NNC(=O)c1ccc2c(c1)OCO2. The molecule has 2 aromatic carbocycles. The van der Waals surface area contributed by atoms with Gasteiger partial charge >= 0.3 is 0 Å². The minimum Gasteiger partial charge on any atom is -0.454 e. The molecule has 2 aromatic rings. The third kappa shape index (κ3) is 3.68. The Hall–Kier alpha value is -3.20. The van der Waals surface area contributed by atoms with Crippen LogP contribution in [0.5, 0.6) is 11.5 Å². The summed E-state index contributed by atoms with van der Waals surface area (Å²) in [6.45, 7) is 0.112. The van der Waals surface area contributed by atoms with Crippen LogP contribution >= 0.6 is 11.8 Å². The van der Waals surface area contributed by atoms with E-state index < -0.39 is 17.1 Å². The summed E-state index contributed by atoms with van der Waals surface area (Å²) in [4.78, 5) is 37.3. The molecular formula is C18H15N3O5S. The number of fused-ring (bicyclic) bond motifs is 2. The molecule has 0 saturated heterocycles. The average Bonchev–Trinajstić information content (AvgIpc) is 3.14. The highest BCUT2D eigenvalue weighted by molar-refractivity contribution is 8.01. The van der Waals surface area contributed by atoms with Gasteiger partial charge in [-0.2, -0.15) is 0 Å². The van der Waals surface area contributed by atoms with Crippen molar-refractivity contribution in [3.05, 3.63) is 48.0 Å². The summed E-state index contributed by atoms with van der Waals surface area (Å²) in [5.74, 6) is -0.154. The topological polar surface area (TPSA) is 106 Å². The summed E-state index contributed by atoms with van der Waals surface area (Å²) >= 11 is 1.32. The lowest BCUT2D eigenvalue weighted by Crippen LogP contribution is -2.44. The van der Waals surface area contributed by atoms with Crippen LogP contribution in [0, 0.1) is 0 Å². The van der Waals surface area contributed by atoms with Crippen molar-refractivity contribution in [2.45, 2.75) is 16.6 Å². The fourth-order valence-corrected chi connectivity index (χ4v) is 3.79. The summed E-state index contributed by atoms with van der Waals surface area (Å²) in [5.41, 5.74) is 5.73. The van der Waals surface area contributed by atoms with Crippen molar-refractivity contribution in [3.63, 3.8) is 0 Å². The fraction of sp³-hybridized carbons (Fsp3) is 0.167. The number of anilines is 1. The number of thioether (sulfide) groups is 1. The van der Waals surface area contributed by atoms with Crippen LogP contribution in [0.25, 0.3) is 0 Å². The van der Waals surface area contributed by atoms with Gasteiger partial charge in [0.25, 0.3) is 5.91 Å². The summed E-state index contributed by atoms with van der Waals surface area (Å²) in [7, 11) is 0. The molecule has 9 heteroatoms. The van der Waals surface area contributed by atoms with Gasteiger partial charge in [0.2, 0.25) is 18.6 Å². The van der Waals surface area contributed by atoms with Crippen molar-refractivity contribution >= 4 is 35.2 Å². The van der Waals surface area contributed by atoms with Crippen LogP contribution in [0.3, 0.4) is 0 Å². The second-order valence-corrected chi connectivity index (χ2v) is 7.11. The molecule has 27 heavy (non-hydrogen) atoms. The molecule has 3 N–H and O–H groups in total. The number of hydrogen-bond donors (Lipinski definition) is 3. The highest BCUT2D eigenvalue weighted by atomic mass is 32.2. The quantitative estimate of drug-likeness (QED) is 0.694. The minimum atomic E-state index is -0.567. The van der Waals surface area contributed by atoms with Gasteiger partial charge < -0.3 is 14.8 Å². The summed E-state index contributed by atoms with van der Waals surface area (Å²) in [5, 5.41) is 2.21. The van der Waals surface area contributed by atoms with E-state index in [0.717, 1.165) is 10.6 Å². The molecular weight excluding hydrogens is 370 g/mol. The number of para-hydroxylation sites is 1. The van der Waals surface area contributed by atoms with Gasteiger partial charge in [-0.25, -0.2) is 0 Å². The molecule has 2 aliphatic rings. The van der Waals surface area contributed by atoms with E-state index in [-0.39, 0.29) is 19.1 Å². The Morgan fingerprint density at radius 1 is 1.11 bits per heavy atom. The highest BCUT2D eigenvalue weighted by Gasteiger charge is 2.29. The van der Waals surface area contributed by atoms with Crippen LogP contribution in [0.4, 0.5) is 5.69 Å². The molecule has 0 aromatic heterocycles. The first-order valence-corrected chi connectivity index (χ1v) is 9.03. The number of rotatable bonds is 3. The molecule has 8 nitrogen and oxygen atoms in total. The van der Waals surface area contributed by atoms with E-state index in [0.29, 0.717) is 17.1 Å². The van der Waals surface area contributed by atoms with E-state index in [1.165, 1.54) is 17.8 Å². The highest BCUT2D eigenvalue weighted by Crippen LogP contribution is 2.36. The third-order valence-electron chi connectivity index (χ3n) is 4.03. The maximum Gasteiger partial charge on any atom is 0.269 e. The Bertz CT molecular complexity index is 933. The normalized spacial score (nSPS) is 16.9. The first-order valence-electron chi connectivity index (χ1n) is 8.15. The zero-order valence-corrected chi connectivity index (χ0v) is 14.8. The lowest BCUT2D eigenvalue weighted by atomic mass is 10.2. The van der Waals surface area contributed by atoms with Gasteiger partial charge in [-0.05, 0) is 30.3 Å². The van der Waals surface area contributed by atoms with E-state index in [1.54, 1.807) is 12.1 Å². The standard InChI is InChI=1S/C18H15N3O5S/c22-16(8-15-18(24)19-11-3-1-2-4-14(11)27-15)20-21-17(23)10-5-6-12-13(7-10)26-9-25-12/h1-7,15H,8-9H2,(H,19,24)(H,20,22)(H,21,23). The number of ether oxygens (including phenoxy) is 2. The molecule has 0 radical (unpaired) electrons. The van der Waals surface area contributed by atoms with Crippen molar-refractivity contribution in [2.24, 2.45) is 0 Å². The van der Waals surface area contributed by atoms with Crippen molar-refractivity contribution in [1.82, 2.24) is 10.9 Å². The van der Waals surface area contributed by atoms with Gasteiger partial charge in [0.15, 0.2) is 11.5 Å². The first-order chi connectivity index (χ1) is 13.1. The number of amides is 3. The van der Waals surface area contributed by atoms with E-state index in [2.05, 4.69) is 16.2 Å². The molecule has 0 bridgehead atoms. The van der Waals surface area contributed by atoms with Crippen LogP contribution in [0.2, 0.25) is 0 Å². The summed E-state index contributed by atoms with van der Waals surface area (Å²) in [6.07, 6.45) is -0.0632. The van der Waals surface area contributed by atoms with Gasteiger partial charge in [0.05, 0.1) is 10.9 Å². The van der Waals surface area contributed by atoms with Gasteiger partial charge in [-0.3, -0.25) is 25.2 Å². The number of hydrazine groups is 1. The minimum absolute atomic E-state index is 0.0632. The van der Waals surface area contributed by atoms with Gasteiger partial charge in [-0.1, -0.05) is 12.1 Å². The van der Waals surface area contributed by atoms with E-state index in [4.69, 9.17) is 9.47 Å². The predicted molar refractivity (Wildman–Crippen MR) is 97.5 cm³/mol. The van der Waals surface area contributed by atoms with Gasteiger partial charge in [-0.15, -0.1) is 11.8 Å². The van der Waals surface area contributed by atoms with Gasteiger partial charge in [0.1, 0.15) is 0 Å². The number of benzene rings is 2. The molecule has 0 aliphatic carbocycles. The van der Waals surface area contributed by atoms with E-state index >= 15 is 0 Å². The van der Waals surface area contributed by atoms with Crippen LogP contribution in [0.15, 0.2) is 47.4 Å². The Morgan fingerprint density at radius 3 is 2.81 bits per heavy atom. The molecule has 3 amide bonds. The smallest absolute Gasteiger partial charge is 0.269 e. The molecule has 0 saturated carbocycles. The monoisotopic (exact) mass is 385 g/mol. The summed E-state index contributed by atoms with van der Waals surface area (Å²) < 4.78 is 10.4. The second kappa shape index (κ2) is 7.20. The summed E-state index contributed by atoms with van der Waals surface area (Å²) in [6, 6.07) is 12.1. The average molecular weight is 385 g/mol. The molecule has 138 valence electrons. The Labute approximate surface area is 158 Å². The first kappa shape index (κ1) is 17.2. The Kier molecular flexibility index (Phi) is 4.59. The van der Waals surface area contributed by atoms with E-state index in [9.17, 15) is 14.4 Å². The van der Waals surface area contributed by atoms with Crippen LogP contribution in [0.1, 0.15) is 16.8 Å². The zero-order valence-electron chi connectivity index (χ0n) is 14.0. The van der Waals surface area contributed by atoms with Crippen LogP contribution in [-0.2, 0) is 9.59 Å². The van der Waals surface area contributed by atoms with Crippen LogP contribution in [-0.4, -0.2) is 29.8 Å². The zero-order chi connectivity index (χ0) is 18.8. The van der Waals surface area contributed by atoms with Crippen molar-refractivity contribution in [1.29, 1.82) is 0 Å². The number of carbonyl (C=O) groups is 3. The Balaban J connectivity index is 1.32. The lowest BCUT2D eigenvalue weighted by molar-refractivity contribution is -0.124. The Morgan fingerprint density at radius 2 is 1.93 bits per heavy atom. The van der Waals surface area contributed by atoms with Crippen LogP contribution < -0.4 is 25.6 Å². The third-order valence-corrected chi connectivity index (χ3v) is 5.30. The predicted octanol–water partition coefficient (Wildman–Crippen LogP) is 1.68. The molecule has 4 rings (SSSR count). The lowest BCUT2D eigenvalue weighted by Gasteiger charge is -2.23. The van der Waals surface area contributed by atoms with Crippen molar-refractivity contribution in [2.75, 3.05) is 12.1 Å². The number of carbonyl (C=O) groups excluding carboxylic acids is 3. The molecule has 0 fully saturated rings. The van der Waals surface area contributed by atoms with Crippen molar-refractivity contribution < 1.29 is 23.9 Å². The van der Waals surface area contributed by atoms with Crippen molar-refractivity contribution in [3.8, 4) is 11.5 Å². The largest absolute Gasteiger partial charge is 0.454 e. The number of nitrogens with one attached hydrogen (secondary N) is 3. The van der Waals surface area contributed by atoms with Gasteiger partial charge in [0, 0.05) is 16.9 Å². The fourth-order valence-electron chi connectivity index (χ4n) is 2.68. The molecule has 2 aliphatic heterocycles. The maximum absolute atomic E-state index is 12.2. The molecule has 2 heterocycles. The van der Waals surface area contributed by atoms with E-state index in [1.807, 2.05) is 24.3 Å². The molecule has 0 spiro atoms. The second-order valence-electron chi connectivity index (χ2n) is 5.87. The molecule has 1 unspecified atom stereocenters. The number of hydrogen-bond acceptors (Lipinski definition) is 6.